The lowest BCUT2D eigenvalue weighted by molar-refractivity contribution is 0.414. The van der Waals surface area contributed by atoms with Gasteiger partial charge in [0.2, 0.25) is 0 Å². The molecule has 0 amide bonds. The molecule has 0 bridgehead atoms. The van der Waals surface area contributed by atoms with Crippen LogP contribution in [0.5, 0.6) is 28.7 Å². The number of para-hydroxylation sites is 1. The predicted molar refractivity (Wildman–Crippen MR) is 135 cm³/mol. The van der Waals surface area contributed by atoms with Crippen molar-refractivity contribution in [2.24, 2.45) is 0 Å². The zero-order valence-corrected chi connectivity index (χ0v) is 20.0. The fourth-order valence-corrected chi connectivity index (χ4v) is 4.25. The molecule has 2 heterocycles. The molecular formula is C26H20IN3O3. The Kier molecular flexibility index (Phi) is 6.12. The number of halogens is 1. The van der Waals surface area contributed by atoms with Crippen LogP contribution in [-0.2, 0) is 6.54 Å². The summed E-state index contributed by atoms with van der Waals surface area (Å²) in [5.74, 6) is 3.67. The van der Waals surface area contributed by atoms with Crippen LogP contribution in [0.3, 0.4) is 0 Å². The average Bonchev–Trinajstić information content (AvgIpc) is 3.16. The van der Waals surface area contributed by atoms with Crippen LogP contribution < -0.4 is 14.2 Å². The van der Waals surface area contributed by atoms with E-state index in [9.17, 15) is 0 Å². The summed E-state index contributed by atoms with van der Waals surface area (Å²) in [7, 11) is 1.66. The molecular weight excluding hydrogens is 529 g/mol. The van der Waals surface area contributed by atoms with Crippen molar-refractivity contribution in [3.05, 3.63) is 100 Å². The van der Waals surface area contributed by atoms with Crippen molar-refractivity contribution >= 4 is 33.6 Å². The molecule has 0 saturated carbocycles. The monoisotopic (exact) mass is 549 g/mol. The van der Waals surface area contributed by atoms with Gasteiger partial charge in [-0.2, -0.15) is 5.10 Å². The summed E-state index contributed by atoms with van der Waals surface area (Å²) in [4.78, 5) is 4.57. The van der Waals surface area contributed by atoms with Crippen LogP contribution in [0.4, 0.5) is 0 Å². The van der Waals surface area contributed by atoms with Crippen LogP contribution in [0.15, 0.2) is 91.1 Å². The van der Waals surface area contributed by atoms with E-state index in [0.717, 1.165) is 31.8 Å². The fourth-order valence-electron chi connectivity index (χ4n) is 3.48. The van der Waals surface area contributed by atoms with Gasteiger partial charge in [0, 0.05) is 18.3 Å². The largest absolute Gasteiger partial charge is 0.497 e. The second-order valence-corrected chi connectivity index (χ2v) is 8.32. The smallest absolute Gasteiger partial charge is 0.163 e. The lowest BCUT2D eigenvalue weighted by atomic mass is 10.2. The van der Waals surface area contributed by atoms with Crippen LogP contribution in [-0.4, -0.2) is 21.9 Å². The van der Waals surface area contributed by atoms with Gasteiger partial charge in [0.15, 0.2) is 5.65 Å². The number of fused-ring (bicyclic) bond motifs is 1. The Hall–Kier alpha value is -3.59. The number of hydrogen-bond acceptors (Lipinski definition) is 5. The SMILES string of the molecule is COc1ccc(Cn2nc(I)c3c(Oc4cccc(Oc5ccccc5)c4)ccnc32)cc1. The van der Waals surface area contributed by atoms with Crippen LogP contribution in [0.25, 0.3) is 11.0 Å². The molecule has 0 aliphatic heterocycles. The van der Waals surface area contributed by atoms with Crippen LogP contribution >= 0.6 is 22.6 Å². The van der Waals surface area contributed by atoms with Gasteiger partial charge in [-0.15, -0.1) is 0 Å². The highest BCUT2D eigenvalue weighted by Crippen LogP contribution is 2.34. The van der Waals surface area contributed by atoms with Gasteiger partial charge in [-0.1, -0.05) is 36.4 Å². The maximum atomic E-state index is 6.25. The third kappa shape index (κ3) is 4.78. The minimum atomic E-state index is 0.598. The Morgan fingerprint density at radius 3 is 2.27 bits per heavy atom. The Morgan fingerprint density at radius 1 is 0.788 bits per heavy atom. The van der Waals surface area contributed by atoms with Gasteiger partial charge in [-0.3, -0.25) is 0 Å². The molecule has 6 nitrogen and oxygen atoms in total. The normalized spacial score (nSPS) is 10.8. The summed E-state index contributed by atoms with van der Waals surface area (Å²) >= 11 is 2.23. The van der Waals surface area contributed by atoms with Gasteiger partial charge in [-0.05, 0) is 64.6 Å². The number of benzene rings is 3. The van der Waals surface area contributed by atoms with Crippen molar-refractivity contribution in [2.75, 3.05) is 7.11 Å². The van der Waals surface area contributed by atoms with Crippen molar-refractivity contribution in [1.82, 2.24) is 14.8 Å². The van der Waals surface area contributed by atoms with Crippen LogP contribution in [0, 0.1) is 3.70 Å². The summed E-state index contributed by atoms with van der Waals surface area (Å²) in [6.07, 6.45) is 1.74. The number of nitrogens with zero attached hydrogens (tertiary/aromatic N) is 3. The molecule has 0 N–H and O–H groups in total. The molecule has 7 heteroatoms. The number of ether oxygens (including phenoxy) is 3. The molecule has 0 aliphatic rings. The molecule has 0 aliphatic carbocycles. The Morgan fingerprint density at radius 2 is 1.52 bits per heavy atom. The zero-order chi connectivity index (χ0) is 22.6. The summed E-state index contributed by atoms with van der Waals surface area (Å²) in [5, 5.41) is 5.58. The molecule has 3 aromatic carbocycles. The fraction of sp³-hybridized carbons (Fsp3) is 0.0769. The number of methoxy groups -OCH3 is 1. The maximum absolute atomic E-state index is 6.25. The minimum absolute atomic E-state index is 0.598. The van der Waals surface area contributed by atoms with E-state index >= 15 is 0 Å². The first-order valence-electron chi connectivity index (χ1n) is 10.3. The van der Waals surface area contributed by atoms with Gasteiger partial charge in [0.1, 0.15) is 32.4 Å². The highest BCUT2D eigenvalue weighted by Gasteiger charge is 2.16. The third-order valence-electron chi connectivity index (χ3n) is 5.06. The van der Waals surface area contributed by atoms with E-state index < -0.39 is 0 Å². The average molecular weight is 549 g/mol. The van der Waals surface area contributed by atoms with E-state index in [0.29, 0.717) is 23.8 Å². The second-order valence-electron chi connectivity index (χ2n) is 7.30. The van der Waals surface area contributed by atoms with Crippen LogP contribution in [0.2, 0.25) is 0 Å². The van der Waals surface area contributed by atoms with E-state index in [2.05, 4.69) is 27.6 Å². The van der Waals surface area contributed by atoms with E-state index in [1.54, 1.807) is 13.3 Å². The van der Waals surface area contributed by atoms with Gasteiger partial charge in [0.25, 0.3) is 0 Å². The number of hydrogen-bond donors (Lipinski definition) is 0. The molecule has 2 aromatic heterocycles. The van der Waals surface area contributed by atoms with Gasteiger partial charge >= 0.3 is 0 Å². The van der Waals surface area contributed by atoms with Crippen molar-refractivity contribution in [3.8, 4) is 28.7 Å². The summed E-state index contributed by atoms with van der Waals surface area (Å²) in [5.41, 5.74) is 1.87. The van der Waals surface area contributed by atoms with E-state index in [1.165, 1.54) is 0 Å². The molecule has 0 spiro atoms. The Balaban J connectivity index is 1.42. The van der Waals surface area contributed by atoms with Crippen molar-refractivity contribution < 1.29 is 14.2 Å². The molecule has 5 rings (SSSR count). The lowest BCUT2D eigenvalue weighted by Crippen LogP contribution is -2.02. The zero-order valence-electron chi connectivity index (χ0n) is 17.8. The molecule has 0 unspecified atom stereocenters. The molecule has 0 saturated heterocycles. The molecule has 33 heavy (non-hydrogen) atoms. The first-order valence-corrected chi connectivity index (χ1v) is 11.4. The van der Waals surface area contributed by atoms with Gasteiger partial charge in [0.05, 0.1) is 19.0 Å². The van der Waals surface area contributed by atoms with Gasteiger partial charge < -0.3 is 14.2 Å². The number of pyridine rings is 1. The number of rotatable bonds is 7. The van der Waals surface area contributed by atoms with E-state index in [4.69, 9.17) is 19.3 Å². The molecule has 164 valence electrons. The van der Waals surface area contributed by atoms with E-state index in [1.807, 2.05) is 89.6 Å². The summed E-state index contributed by atoms with van der Waals surface area (Å²) in [6, 6.07) is 27.0. The highest BCUT2D eigenvalue weighted by atomic mass is 127. The molecule has 0 atom stereocenters. The Labute approximate surface area is 204 Å². The highest BCUT2D eigenvalue weighted by molar-refractivity contribution is 14.1. The van der Waals surface area contributed by atoms with Crippen molar-refractivity contribution in [1.29, 1.82) is 0 Å². The maximum Gasteiger partial charge on any atom is 0.163 e. The molecule has 5 aromatic rings. The minimum Gasteiger partial charge on any atom is -0.497 e. The van der Waals surface area contributed by atoms with E-state index in [-0.39, 0.29) is 0 Å². The lowest BCUT2D eigenvalue weighted by Gasteiger charge is -2.10. The Bertz CT molecular complexity index is 1390. The molecule has 0 radical (unpaired) electrons. The first-order chi connectivity index (χ1) is 16.2. The first kappa shape index (κ1) is 21.3. The predicted octanol–water partition coefficient (Wildman–Crippen LogP) is 6.68. The summed E-state index contributed by atoms with van der Waals surface area (Å²) in [6.45, 7) is 0.598. The second kappa shape index (κ2) is 9.50. The van der Waals surface area contributed by atoms with Crippen molar-refractivity contribution in [3.63, 3.8) is 0 Å². The number of aromatic nitrogens is 3. The quantitative estimate of drug-likeness (QED) is 0.212. The van der Waals surface area contributed by atoms with Gasteiger partial charge in [-0.25, -0.2) is 9.67 Å². The third-order valence-corrected chi connectivity index (χ3v) is 5.81. The van der Waals surface area contributed by atoms with Crippen LogP contribution in [0.1, 0.15) is 5.56 Å². The standard InChI is InChI=1S/C26H20IN3O3/c1-31-19-12-10-18(11-13-19)17-30-26-24(25(27)29-30)23(14-15-28-26)33-22-9-5-8-21(16-22)32-20-6-3-2-4-7-20/h2-16H,17H2,1H3. The topological polar surface area (TPSA) is 58.4 Å². The molecule has 0 fully saturated rings. The van der Waals surface area contributed by atoms with Crippen molar-refractivity contribution in [2.45, 2.75) is 6.54 Å². The summed E-state index contributed by atoms with van der Waals surface area (Å²) < 4.78 is 20.2.